The average molecular weight is 385 g/mol. The Morgan fingerprint density at radius 2 is 1.78 bits per heavy atom. The fourth-order valence-corrected chi connectivity index (χ4v) is 3.94. The number of hydrogen-bond acceptors (Lipinski definition) is 3. The predicted octanol–water partition coefficient (Wildman–Crippen LogP) is 1.63. The van der Waals surface area contributed by atoms with Gasteiger partial charge < -0.3 is 25.0 Å². The van der Waals surface area contributed by atoms with E-state index in [2.05, 4.69) is 41.0 Å². The summed E-state index contributed by atoms with van der Waals surface area (Å²) in [6, 6.07) is 17.2. The van der Waals surface area contributed by atoms with Gasteiger partial charge in [0.1, 0.15) is 6.54 Å². The Kier molecular flexibility index (Phi) is 5.75. The van der Waals surface area contributed by atoms with Crippen molar-refractivity contribution in [3.05, 3.63) is 59.7 Å². The van der Waals surface area contributed by atoms with Crippen molar-refractivity contribution in [2.75, 3.05) is 19.9 Å². The Bertz CT molecular complexity index is 776. The lowest BCUT2D eigenvalue weighted by Crippen LogP contribution is -3.12. The molecule has 0 aliphatic carbocycles. The third kappa shape index (κ3) is 4.90. The Balaban J connectivity index is 1.18. The summed E-state index contributed by atoms with van der Waals surface area (Å²) in [6.45, 7) is 4.45. The molecule has 6 heteroatoms. The van der Waals surface area contributed by atoms with Crippen LogP contribution >= 0.6 is 12.2 Å². The van der Waals surface area contributed by atoms with Crippen LogP contribution in [0.2, 0.25) is 0 Å². The summed E-state index contributed by atoms with van der Waals surface area (Å²) >= 11 is 5.48. The fraction of sp³-hybridized carbons (Fsp3) is 0.381. The topological polar surface area (TPSA) is 47.0 Å². The molecule has 0 saturated carbocycles. The van der Waals surface area contributed by atoms with Crippen LogP contribution in [-0.2, 0) is 13.1 Å². The molecule has 5 nitrogen and oxygen atoms in total. The number of piperidine rings is 1. The Hall–Kier alpha value is -2.31. The smallest absolute Gasteiger partial charge is 0.231 e. The molecule has 27 heavy (non-hydrogen) atoms. The van der Waals surface area contributed by atoms with Crippen molar-refractivity contribution >= 4 is 17.3 Å². The maximum Gasteiger partial charge on any atom is 0.231 e. The van der Waals surface area contributed by atoms with Gasteiger partial charge in [0.15, 0.2) is 16.6 Å². The molecule has 0 aromatic heterocycles. The van der Waals surface area contributed by atoms with Crippen molar-refractivity contribution in [3.63, 3.8) is 0 Å². The number of quaternary nitrogens is 1. The van der Waals surface area contributed by atoms with Crippen LogP contribution in [-0.4, -0.2) is 31.0 Å². The monoisotopic (exact) mass is 384 g/mol. The third-order valence-corrected chi connectivity index (χ3v) is 5.48. The highest BCUT2D eigenvalue weighted by Gasteiger charge is 2.22. The second-order valence-corrected chi connectivity index (χ2v) is 7.61. The summed E-state index contributed by atoms with van der Waals surface area (Å²) in [5.74, 6) is 1.62. The van der Waals surface area contributed by atoms with E-state index < -0.39 is 0 Å². The highest BCUT2D eigenvalue weighted by atomic mass is 32.1. The maximum atomic E-state index is 5.48. The fourth-order valence-electron chi connectivity index (χ4n) is 3.70. The Morgan fingerprint density at radius 3 is 2.59 bits per heavy atom. The van der Waals surface area contributed by atoms with Crippen molar-refractivity contribution < 1.29 is 14.4 Å². The van der Waals surface area contributed by atoms with Crippen LogP contribution in [0.15, 0.2) is 48.5 Å². The lowest BCUT2D eigenvalue weighted by atomic mass is 10.0. The maximum absolute atomic E-state index is 5.48. The second kappa shape index (κ2) is 8.59. The highest BCUT2D eigenvalue weighted by Crippen LogP contribution is 2.32. The first-order valence-electron chi connectivity index (χ1n) is 9.56. The van der Waals surface area contributed by atoms with Gasteiger partial charge in [-0.05, 0) is 29.9 Å². The number of nitrogens with one attached hydrogen (secondary N) is 3. The highest BCUT2D eigenvalue weighted by molar-refractivity contribution is 7.80. The molecule has 2 heterocycles. The van der Waals surface area contributed by atoms with Crippen LogP contribution in [0.5, 0.6) is 11.5 Å². The van der Waals surface area contributed by atoms with Gasteiger partial charge >= 0.3 is 0 Å². The zero-order chi connectivity index (χ0) is 18.5. The molecule has 1 saturated heterocycles. The van der Waals surface area contributed by atoms with Gasteiger partial charge in [-0.2, -0.15) is 0 Å². The molecule has 142 valence electrons. The summed E-state index contributed by atoms with van der Waals surface area (Å²) < 4.78 is 10.8. The second-order valence-electron chi connectivity index (χ2n) is 7.20. The molecule has 0 radical (unpaired) electrons. The third-order valence-electron chi connectivity index (χ3n) is 5.21. The number of likely N-dealkylation sites (tertiary alicyclic amines) is 1. The molecule has 1 fully saturated rings. The predicted molar refractivity (Wildman–Crippen MR) is 109 cm³/mol. The molecule has 0 spiro atoms. The summed E-state index contributed by atoms with van der Waals surface area (Å²) in [5.41, 5.74) is 2.55. The van der Waals surface area contributed by atoms with Crippen molar-refractivity contribution in [1.29, 1.82) is 0 Å². The summed E-state index contributed by atoms with van der Waals surface area (Å²) in [6.07, 6.45) is 2.29. The van der Waals surface area contributed by atoms with Crippen LogP contribution in [0, 0.1) is 0 Å². The van der Waals surface area contributed by atoms with Crippen LogP contribution in [0.1, 0.15) is 24.0 Å². The molecular weight excluding hydrogens is 358 g/mol. The van der Waals surface area contributed by atoms with E-state index >= 15 is 0 Å². The Labute approximate surface area is 165 Å². The number of thiocarbonyl (C=S) groups is 1. The van der Waals surface area contributed by atoms with Gasteiger partial charge in [-0.3, -0.25) is 0 Å². The average Bonchev–Trinajstić information content (AvgIpc) is 3.17. The molecule has 2 aliphatic heterocycles. The molecule has 0 atom stereocenters. The van der Waals surface area contributed by atoms with E-state index in [-0.39, 0.29) is 0 Å². The van der Waals surface area contributed by atoms with E-state index in [9.17, 15) is 0 Å². The van der Waals surface area contributed by atoms with E-state index in [0.717, 1.165) is 41.6 Å². The lowest BCUT2D eigenvalue weighted by Gasteiger charge is -2.30. The largest absolute Gasteiger partial charge is 0.454 e. The van der Waals surface area contributed by atoms with Crippen LogP contribution in [0.25, 0.3) is 0 Å². The molecule has 3 N–H and O–H groups in total. The minimum Gasteiger partial charge on any atom is -0.454 e. The minimum atomic E-state index is 0.303. The zero-order valence-corrected chi connectivity index (χ0v) is 16.2. The number of fused-ring (bicyclic) bond motifs is 1. The molecule has 4 rings (SSSR count). The standard InChI is InChI=1S/C21H25N3O2S/c27-21(22-13-17-6-7-19-20(12-17)26-15-25-19)23-18-8-10-24(11-9-18)14-16-4-2-1-3-5-16/h1-7,12,18H,8-11,13-15H2,(H2,22,23,27)/p+1. The van der Waals surface area contributed by atoms with Gasteiger partial charge in [0.2, 0.25) is 6.79 Å². The van der Waals surface area contributed by atoms with Crippen molar-refractivity contribution in [3.8, 4) is 11.5 Å². The lowest BCUT2D eigenvalue weighted by molar-refractivity contribution is -0.918. The molecule has 0 amide bonds. The normalized spacial score (nSPS) is 20.9. The van der Waals surface area contributed by atoms with E-state index in [1.54, 1.807) is 4.90 Å². The van der Waals surface area contributed by atoms with E-state index in [1.165, 1.54) is 18.7 Å². The Morgan fingerprint density at radius 1 is 1.00 bits per heavy atom. The zero-order valence-electron chi connectivity index (χ0n) is 15.4. The number of hydrogen-bond donors (Lipinski definition) is 3. The summed E-state index contributed by atoms with van der Waals surface area (Å²) in [5, 5.41) is 7.51. The molecular formula is C21H26N3O2S+. The quantitative estimate of drug-likeness (QED) is 0.684. The molecule has 2 aliphatic rings. The molecule has 2 aromatic rings. The minimum absolute atomic E-state index is 0.303. The van der Waals surface area contributed by atoms with Crippen LogP contribution in [0.3, 0.4) is 0 Å². The van der Waals surface area contributed by atoms with Crippen LogP contribution < -0.4 is 25.0 Å². The van der Waals surface area contributed by atoms with Gasteiger partial charge in [-0.1, -0.05) is 36.4 Å². The van der Waals surface area contributed by atoms with Gasteiger partial charge in [0.05, 0.1) is 13.1 Å². The number of ether oxygens (including phenoxy) is 2. The van der Waals surface area contributed by atoms with Crippen LogP contribution in [0.4, 0.5) is 0 Å². The van der Waals surface area contributed by atoms with Gasteiger partial charge in [0, 0.05) is 31.0 Å². The van der Waals surface area contributed by atoms with E-state index in [1.807, 2.05) is 18.2 Å². The first kappa shape index (κ1) is 18.1. The van der Waals surface area contributed by atoms with Gasteiger partial charge in [-0.15, -0.1) is 0 Å². The first-order valence-corrected chi connectivity index (χ1v) is 9.97. The molecule has 2 aromatic carbocycles. The van der Waals surface area contributed by atoms with E-state index in [0.29, 0.717) is 19.4 Å². The van der Waals surface area contributed by atoms with Gasteiger partial charge in [-0.25, -0.2) is 0 Å². The van der Waals surface area contributed by atoms with Crippen molar-refractivity contribution in [2.45, 2.75) is 32.0 Å². The molecule has 0 unspecified atom stereocenters. The summed E-state index contributed by atoms with van der Waals surface area (Å²) in [7, 11) is 0. The number of rotatable bonds is 5. The molecule has 0 bridgehead atoms. The summed E-state index contributed by atoms with van der Waals surface area (Å²) in [4.78, 5) is 1.65. The number of benzene rings is 2. The SMILES string of the molecule is S=C(NCc1ccc2c(c1)OCO2)NC1CC[NH+](Cc2ccccc2)CC1. The van der Waals surface area contributed by atoms with Crippen molar-refractivity contribution in [1.82, 2.24) is 10.6 Å². The van der Waals surface area contributed by atoms with Gasteiger partial charge in [0.25, 0.3) is 0 Å². The van der Waals surface area contributed by atoms with Crippen molar-refractivity contribution in [2.24, 2.45) is 0 Å². The first-order chi connectivity index (χ1) is 13.3. The van der Waals surface area contributed by atoms with E-state index in [4.69, 9.17) is 21.7 Å².